The predicted molar refractivity (Wildman–Crippen MR) is 71.3 cm³/mol. The van der Waals surface area contributed by atoms with Crippen molar-refractivity contribution in [2.45, 2.75) is 25.3 Å². The van der Waals surface area contributed by atoms with Crippen molar-refractivity contribution in [1.82, 2.24) is 15.0 Å². The van der Waals surface area contributed by atoms with Gasteiger partial charge in [-0.25, -0.2) is 9.48 Å². The summed E-state index contributed by atoms with van der Waals surface area (Å²) in [5.74, 6) is 2.48. The first-order valence-corrected chi connectivity index (χ1v) is 7.32. The number of benzene rings is 1. The molecule has 0 amide bonds. The predicted octanol–water partition coefficient (Wildman–Crippen LogP) is 2.35. The lowest BCUT2D eigenvalue weighted by Gasteiger charge is -2.09. The molecule has 0 aliphatic heterocycles. The number of carboxylic acid groups (broad SMARTS) is 1. The summed E-state index contributed by atoms with van der Waals surface area (Å²) in [7, 11) is 0. The van der Waals surface area contributed by atoms with E-state index in [9.17, 15) is 4.79 Å². The van der Waals surface area contributed by atoms with Gasteiger partial charge in [-0.1, -0.05) is 5.21 Å². The van der Waals surface area contributed by atoms with E-state index in [1.54, 1.807) is 12.1 Å². The van der Waals surface area contributed by atoms with Crippen molar-refractivity contribution >= 4 is 17.0 Å². The number of hydrogen-bond donors (Lipinski definition) is 1. The van der Waals surface area contributed by atoms with E-state index in [0.717, 1.165) is 29.2 Å². The first kappa shape index (κ1) is 10.8. The molecule has 3 fully saturated rings. The number of carbonyl (C=O) groups is 1. The normalized spacial score (nSPS) is 37.3. The van der Waals surface area contributed by atoms with E-state index in [2.05, 4.69) is 15.0 Å². The Labute approximate surface area is 115 Å². The standard InChI is InChI=1S/C15H15N3O2/c19-15(20)9-3-4-11-10(6-9)16-17-18(11)14-12-7-1-2-8(5-7)13(12)14/h3-4,6-8,12-14H,1-2,5H2,(H,19,20). The Hall–Kier alpha value is -1.91. The monoisotopic (exact) mass is 269 g/mol. The Bertz CT molecular complexity index is 722. The van der Waals surface area contributed by atoms with E-state index in [4.69, 9.17) is 5.11 Å². The quantitative estimate of drug-likeness (QED) is 0.908. The molecule has 1 aromatic carbocycles. The van der Waals surface area contributed by atoms with E-state index >= 15 is 0 Å². The SMILES string of the molecule is O=C(O)c1ccc2c(c1)nnn2C1C2C3CCC(C3)C21. The van der Waals surface area contributed by atoms with E-state index in [1.807, 2.05) is 6.07 Å². The summed E-state index contributed by atoms with van der Waals surface area (Å²) in [5, 5.41) is 17.5. The molecular weight excluding hydrogens is 254 g/mol. The zero-order valence-electron chi connectivity index (χ0n) is 10.9. The molecule has 5 nitrogen and oxygen atoms in total. The summed E-state index contributed by atoms with van der Waals surface area (Å²) < 4.78 is 2.06. The number of fused-ring (bicyclic) bond motifs is 6. The summed E-state index contributed by atoms with van der Waals surface area (Å²) in [6, 6.07) is 5.64. The van der Waals surface area contributed by atoms with Crippen LogP contribution in [0.15, 0.2) is 18.2 Å². The highest BCUT2D eigenvalue weighted by atomic mass is 16.4. The van der Waals surface area contributed by atoms with E-state index in [1.165, 1.54) is 19.3 Å². The zero-order valence-corrected chi connectivity index (χ0v) is 10.9. The van der Waals surface area contributed by atoms with Crippen LogP contribution >= 0.6 is 0 Å². The second kappa shape index (κ2) is 3.40. The molecule has 20 heavy (non-hydrogen) atoms. The van der Waals surface area contributed by atoms with Crippen LogP contribution in [0, 0.1) is 23.7 Å². The summed E-state index contributed by atoms with van der Waals surface area (Å²) >= 11 is 0. The molecule has 5 rings (SSSR count). The average molecular weight is 269 g/mol. The Morgan fingerprint density at radius 2 is 2.00 bits per heavy atom. The smallest absolute Gasteiger partial charge is 0.335 e. The second-order valence-electron chi connectivity index (χ2n) is 6.52. The average Bonchev–Trinajstić information content (AvgIpc) is 2.84. The Morgan fingerprint density at radius 3 is 2.70 bits per heavy atom. The largest absolute Gasteiger partial charge is 0.478 e. The Morgan fingerprint density at radius 1 is 1.25 bits per heavy atom. The van der Waals surface area contributed by atoms with Gasteiger partial charge in [0.25, 0.3) is 0 Å². The van der Waals surface area contributed by atoms with Gasteiger partial charge in [0.15, 0.2) is 0 Å². The van der Waals surface area contributed by atoms with Crippen LogP contribution in [0.1, 0.15) is 35.7 Å². The van der Waals surface area contributed by atoms with Crippen LogP contribution in [0.5, 0.6) is 0 Å². The van der Waals surface area contributed by atoms with Crippen LogP contribution in [-0.4, -0.2) is 26.1 Å². The summed E-state index contributed by atoms with van der Waals surface area (Å²) in [6.07, 6.45) is 4.19. The fourth-order valence-corrected chi connectivity index (χ4v) is 4.90. The van der Waals surface area contributed by atoms with Crippen LogP contribution in [0.3, 0.4) is 0 Å². The van der Waals surface area contributed by atoms with Crippen LogP contribution in [0.4, 0.5) is 0 Å². The van der Waals surface area contributed by atoms with Crippen LogP contribution in [0.25, 0.3) is 11.0 Å². The molecule has 0 saturated heterocycles. The van der Waals surface area contributed by atoms with Crippen molar-refractivity contribution in [1.29, 1.82) is 0 Å². The van der Waals surface area contributed by atoms with Crippen LogP contribution < -0.4 is 0 Å². The van der Waals surface area contributed by atoms with Crippen molar-refractivity contribution < 1.29 is 9.90 Å². The van der Waals surface area contributed by atoms with Gasteiger partial charge < -0.3 is 5.11 Å². The zero-order chi connectivity index (χ0) is 13.4. The number of hydrogen-bond acceptors (Lipinski definition) is 3. The maximum Gasteiger partial charge on any atom is 0.335 e. The van der Waals surface area contributed by atoms with Crippen molar-refractivity contribution in [3.05, 3.63) is 23.8 Å². The molecule has 1 N–H and O–H groups in total. The van der Waals surface area contributed by atoms with Crippen molar-refractivity contribution in [3.8, 4) is 0 Å². The fraction of sp³-hybridized carbons (Fsp3) is 0.533. The summed E-state index contributed by atoms with van der Waals surface area (Å²) in [6.45, 7) is 0. The lowest BCUT2D eigenvalue weighted by atomic mass is 10.0. The third kappa shape index (κ3) is 1.21. The van der Waals surface area contributed by atoms with Gasteiger partial charge in [0.05, 0.1) is 17.1 Å². The molecule has 2 bridgehead atoms. The number of aromatic carboxylic acids is 1. The van der Waals surface area contributed by atoms with Crippen LogP contribution in [0.2, 0.25) is 0 Å². The van der Waals surface area contributed by atoms with E-state index in [0.29, 0.717) is 11.6 Å². The topological polar surface area (TPSA) is 68.0 Å². The minimum Gasteiger partial charge on any atom is -0.478 e. The highest BCUT2D eigenvalue weighted by molar-refractivity contribution is 5.92. The molecule has 0 spiro atoms. The third-order valence-electron chi connectivity index (χ3n) is 5.70. The van der Waals surface area contributed by atoms with Crippen molar-refractivity contribution in [2.75, 3.05) is 0 Å². The van der Waals surface area contributed by atoms with Gasteiger partial charge in [-0.2, -0.15) is 0 Å². The van der Waals surface area contributed by atoms with Gasteiger partial charge in [0, 0.05) is 0 Å². The number of rotatable bonds is 2. The van der Waals surface area contributed by atoms with Gasteiger partial charge in [-0.05, 0) is 61.1 Å². The highest BCUT2D eigenvalue weighted by Gasteiger charge is 2.66. The summed E-state index contributed by atoms with van der Waals surface area (Å²) in [5.41, 5.74) is 1.96. The summed E-state index contributed by atoms with van der Waals surface area (Å²) in [4.78, 5) is 11.0. The molecule has 2 aromatic rings. The van der Waals surface area contributed by atoms with Crippen molar-refractivity contribution in [3.63, 3.8) is 0 Å². The second-order valence-corrected chi connectivity index (χ2v) is 6.52. The minimum absolute atomic E-state index is 0.278. The maximum absolute atomic E-state index is 11.0. The lowest BCUT2D eigenvalue weighted by Crippen LogP contribution is -2.06. The minimum atomic E-state index is -0.914. The number of aromatic nitrogens is 3. The molecule has 1 heterocycles. The number of carboxylic acids is 1. The fourth-order valence-electron chi connectivity index (χ4n) is 4.90. The Balaban J connectivity index is 1.56. The molecule has 4 atom stereocenters. The number of nitrogens with zero attached hydrogens (tertiary/aromatic N) is 3. The van der Waals surface area contributed by atoms with Gasteiger partial charge >= 0.3 is 5.97 Å². The lowest BCUT2D eigenvalue weighted by molar-refractivity contribution is 0.0697. The van der Waals surface area contributed by atoms with Gasteiger partial charge in [-0.3, -0.25) is 0 Å². The van der Waals surface area contributed by atoms with Gasteiger partial charge in [0.2, 0.25) is 0 Å². The van der Waals surface area contributed by atoms with Crippen molar-refractivity contribution in [2.24, 2.45) is 23.7 Å². The molecule has 102 valence electrons. The highest BCUT2D eigenvalue weighted by Crippen LogP contribution is 2.71. The van der Waals surface area contributed by atoms with Gasteiger partial charge in [0.1, 0.15) is 5.52 Å². The third-order valence-corrected chi connectivity index (χ3v) is 5.70. The van der Waals surface area contributed by atoms with E-state index in [-0.39, 0.29) is 5.56 Å². The molecule has 5 heteroatoms. The molecular formula is C15H15N3O2. The molecule has 0 radical (unpaired) electrons. The maximum atomic E-state index is 11.0. The molecule has 3 saturated carbocycles. The van der Waals surface area contributed by atoms with E-state index < -0.39 is 5.97 Å². The Kier molecular flexibility index (Phi) is 1.84. The van der Waals surface area contributed by atoms with Gasteiger partial charge in [-0.15, -0.1) is 5.10 Å². The first-order valence-electron chi connectivity index (χ1n) is 7.32. The first-order chi connectivity index (χ1) is 9.74. The van der Waals surface area contributed by atoms with Crippen LogP contribution in [-0.2, 0) is 0 Å². The molecule has 1 aromatic heterocycles. The molecule has 3 aliphatic carbocycles. The molecule has 4 unspecified atom stereocenters. The molecule has 3 aliphatic rings.